The molecule has 120 valence electrons. The summed E-state index contributed by atoms with van der Waals surface area (Å²) in [4.78, 5) is 25.7. The first-order valence-electron chi connectivity index (χ1n) is 7.40. The molecule has 2 unspecified atom stereocenters. The predicted octanol–water partition coefficient (Wildman–Crippen LogP) is 3.53. The van der Waals surface area contributed by atoms with Gasteiger partial charge in [0, 0.05) is 17.1 Å². The smallest absolute Gasteiger partial charge is 0.435 e. The molecule has 1 aromatic carbocycles. The van der Waals surface area contributed by atoms with E-state index in [1.807, 2.05) is 37.3 Å². The maximum atomic E-state index is 12.7. The van der Waals surface area contributed by atoms with E-state index in [2.05, 4.69) is 12.6 Å². The predicted molar refractivity (Wildman–Crippen MR) is 91.3 cm³/mol. The zero-order valence-electron chi connectivity index (χ0n) is 12.8. The quantitative estimate of drug-likeness (QED) is 0.650. The summed E-state index contributed by atoms with van der Waals surface area (Å²) in [6.07, 6.45) is -0.320. The lowest BCUT2D eigenvalue weighted by molar-refractivity contribution is -0.793. The van der Waals surface area contributed by atoms with E-state index >= 15 is 0 Å². The number of thiol groups is 1. The second-order valence-electron chi connectivity index (χ2n) is 5.89. The molecule has 1 saturated heterocycles. The van der Waals surface area contributed by atoms with E-state index in [4.69, 9.17) is 0 Å². The van der Waals surface area contributed by atoms with Crippen molar-refractivity contribution in [3.8, 4) is 0 Å². The molecule has 2 amide bonds. The number of carboxylic acid groups (broad SMARTS) is 1. The van der Waals surface area contributed by atoms with Crippen LogP contribution >= 0.6 is 24.4 Å². The number of likely N-dealkylation sites (tertiary alicyclic amines) is 1. The van der Waals surface area contributed by atoms with Crippen LogP contribution in [0.25, 0.3) is 0 Å². The molecule has 6 heteroatoms. The first-order chi connectivity index (χ1) is 10.4. The monoisotopic (exact) mass is 340 g/mol. The highest BCUT2D eigenvalue weighted by Gasteiger charge is 2.57. The van der Waals surface area contributed by atoms with Crippen molar-refractivity contribution in [1.82, 2.24) is 0 Å². The molecular formula is C16H22NO3S2+. The Morgan fingerprint density at radius 2 is 2.05 bits per heavy atom. The van der Waals surface area contributed by atoms with Crippen molar-refractivity contribution in [2.75, 3.05) is 12.3 Å². The summed E-state index contributed by atoms with van der Waals surface area (Å²) in [5, 5.41) is 9.88. The minimum Gasteiger partial charge on any atom is -0.435 e. The zero-order chi connectivity index (χ0) is 16.3. The first-order valence-corrected chi connectivity index (χ1v) is 8.91. The molecular weight excluding hydrogens is 318 g/mol. The third kappa shape index (κ3) is 3.19. The van der Waals surface area contributed by atoms with Crippen LogP contribution in [0.4, 0.5) is 4.79 Å². The molecule has 0 bridgehead atoms. The molecule has 4 nitrogen and oxygen atoms in total. The van der Waals surface area contributed by atoms with Crippen molar-refractivity contribution in [1.29, 1.82) is 0 Å². The van der Waals surface area contributed by atoms with Crippen molar-refractivity contribution < 1.29 is 19.2 Å². The van der Waals surface area contributed by atoms with Gasteiger partial charge in [-0.3, -0.25) is 0 Å². The SMILES string of the molecule is CC1C[C@H](Sc2ccccc2)C[N+]1(C(=O)O)C(=O)[C@H](C)CS. The van der Waals surface area contributed by atoms with Crippen molar-refractivity contribution in [2.24, 2.45) is 5.92 Å². The summed E-state index contributed by atoms with van der Waals surface area (Å²) in [6, 6.07) is 9.70. The number of rotatable bonds is 4. The van der Waals surface area contributed by atoms with Gasteiger partial charge in [0.15, 0.2) is 0 Å². The van der Waals surface area contributed by atoms with Gasteiger partial charge in [0.25, 0.3) is 0 Å². The topological polar surface area (TPSA) is 54.4 Å². The van der Waals surface area contributed by atoms with Crippen molar-refractivity contribution >= 4 is 36.4 Å². The number of hydrogen-bond donors (Lipinski definition) is 2. The Bertz CT molecular complexity index is 552. The van der Waals surface area contributed by atoms with Gasteiger partial charge in [-0.2, -0.15) is 21.9 Å². The summed E-state index contributed by atoms with van der Waals surface area (Å²) in [6.45, 7) is 3.96. The van der Waals surface area contributed by atoms with Crippen molar-refractivity contribution in [3.05, 3.63) is 30.3 Å². The Hall–Kier alpha value is -0.980. The number of amides is 2. The van der Waals surface area contributed by atoms with E-state index in [9.17, 15) is 14.7 Å². The van der Waals surface area contributed by atoms with Gasteiger partial charge < -0.3 is 5.11 Å². The largest absolute Gasteiger partial charge is 0.521 e. The molecule has 1 fully saturated rings. The maximum Gasteiger partial charge on any atom is 0.521 e. The zero-order valence-corrected chi connectivity index (χ0v) is 14.5. The van der Waals surface area contributed by atoms with E-state index in [-0.39, 0.29) is 23.1 Å². The average Bonchev–Trinajstić information content (AvgIpc) is 2.84. The van der Waals surface area contributed by atoms with Gasteiger partial charge in [-0.15, -0.1) is 11.8 Å². The highest BCUT2D eigenvalue weighted by atomic mass is 32.2. The Labute approximate surface area is 140 Å². The molecule has 2 rings (SSSR count). The van der Waals surface area contributed by atoms with Gasteiger partial charge >= 0.3 is 12.0 Å². The van der Waals surface area contributed by atoms with Crippen LogP contribution in [0.5, 0.6) is 0 Å². The van der Waals surface area contributed by atoms with Crippen LogP contribution in [0.2, 0.25) is 0 Å². The fourth-order valence-corrected chi connectivity index (χ4v) is 4.59. The van der Waals surface area contributed by atoms with Gasteiger partial charge in [-0.05, 0) is 26.0 Å². The van der Waals surface area contributed by atoms with E-state index in [0.717, 1.165) is 11.3 Å². The Morgan fingerprint density at radius 1 is 1.41 bits per heavy atom. The van der Waals surface area contributed by atoms with Crippen LogP contribution in [0.1, 0.15) is 20.3 Å². The highest BCUT2D eigenvalue weighted by molar-refractivity contribution is 8.00. The Balaban J connectivity index is 2.22. The first kappa shape index (κ1) is 17.4. The highest BCUT2D eigenvalue weighted by Crippen LogP contribution is 2.38. The third-order valence-electron chi connectivity index (χ3n) is 4.32. The lowest BCUT2D eigenvalue weighted by Crippen LogP contribution is -2.60. The Kier molecular flexibility index (Phi) is 5.58. The van der Waals surface area contributed by atoms with Gasteiger partial charge in [0.2, 0.25) is 0 Å². The van der Waals surface area contributed by atoms with Crippen molar-refractivity contribution in [3.63, 3.8) is 0 Å². The summed E-state index contributed by atoms with van der Waals surface area (Å²) in [5.74, 6) is -0.219. The fourth-order valence-electron chi connectivity index (χ4n) is 3.05. The van der Waals surface area contributed by atoms with Gasteiger partial charge in [0.1, 0.15) is 12.6 Å². The second kappa shape index (κ2) is 7.06. The molecule has 1 aliphatic heterocycles. The van der Waals surface area contributed by atoms with Crippen LogP contribution in [0, 0.1) is 5.92 Å². The van der Waals surface area contributed by atoms with Crippen molar-refractivity contribution in [2.45, 2.75) is 36.5 Å². The number of nitrogens with zero attached hydrogens (tertiary/aromatic N) is 1. The van der Waals surface area contributed by atoms with E-state index < -0.39 is 10.6 Å². The minimum atomic E-state index is -1.04. The Morgan fingerprint density at radius 3 is 2.59 bits per heavy atom. The number of benzene rings is 1. The minimum absolute atomic E-state index is 0.129. The van der Waals surface area contributed by atoms with Crippen LogP contribution in [0.15, 0.2) is 35.2 Å². The maximum absolute atomic E-state index is 12.7. The number of quaternary nitrogens is 1. The van der Waals surface area contributed by atoms with Crippen LogP contribution in [-0.4, -0.2) is 45.2 Å². The second-order valence-corrected chi connectivity index (χ2v) is 7.63. The number of hydrogen-bond acceptors (Lipinski definition) is 4. The molecule has 4 atom stereocenters. The van der Waals surface area contributed by atoms with Gasteiger partial charge in [-0.25, -0.2) is 4.79 Å². The molecule has 1 aliphatic rings. The van der Waals surface area contributed by atoms with Crippen LogP contribution in [0.3, 0.4) is 0 Å². The van der Waals surface area contributed by atoms with E-state index in [1.54, 1.807) is 18.7 Å². The molecule has 22 heavy (non-hydrogen) atoms. The fraction of sp³-hybridized carbons (Fsp3) is 0.500. The number of thioether (sulfide) groups is 1. The average molecular weight is 340 g/mol. The molecule has 0 aromatic heterocycles. The van der Waals surface area contributed by atoms with E-state index in [0.29, 0.717) is 12.3 Å². The molecule has 0 spiro atoms. The summed E-state index contributed by atoms with van der Waals surface area (Å²) in [7, 11) is 0. The lowest BCUT2D eigenvalue weighted by Gasteiger charge is -2.31. The third-order valence-corrected chi connectivity index (χ3v) is 6.09. The molecule has 0 saturated carbocycles. The summed E-state index contributed by atoms with van der Waals surface area (Å²) < 4.78 is -0.466. The molecule has 1 heterocycles. The number of carbonyl (C=O) groups excluding carboxylic acids is 1. The normalized spacial score (nSPS) is 29.2. The van der Waals surface area contributed by atoms with Crippen LogP contribution in [-0.2, 0) is 4.79 Å². The lowest BCUT2D eigenvalue weighted by atomic mass is 10.1. The van der Waals surface area contributed by atoms with Crippen LogP contribution < -0.4 is 0 Å². The molecule has 0 radical (unpaired) electrons. The van der Waals surface area contributed by atoms with Gasteiger partial charge in [0.05, 0.1) is 11.2 Å². The number of imide groups is 1. The summed E-state index contributed by atoms with van der Waals surface area (Å²) in [5.41, 5.74) is 0. The standard InChI is InChI=1S/C16H21NO3S2/c1-11(10-21)15(18)17(16(19)20)9-14(8-12(17)2)22-13-6-4-3-5-7-13/h3-7,11-12,14H,8-10H2,1-2H3,(H-,19,20,21)/p+1/t11-,12?,14+,17?/m1/s1. The molecule has 1 N–H and O–H groups in total. The van der Waals surface area contributed by atoms with Gasteiger partial charge in [-0.1, -0.05) is 18.2 Å². The van der Waals surface area contributed by atoms with E-state index in [1.165, 1.54) is 0 Å². The molecule has 1 aromatic rings. The number of carbonyl (C=O) groups is 2. The molecule has 0 aliphatic carbocycles. The summed E-state index contributed by atoms with van der Waals surface area (Å²) >= 11 is 5.82.